The molecule has 2 aliphatic heterocycles. The van der Waals surface area contributed by atoms with Crippen LogP contribution in [0.4, 0.5) is 20.3 Å². The fourth-order valence-electron chi connectivity index (χ4n) is 6.66. The summed E-state index contributed by atoms with van der Waals surface area (Å²) in [6.45, 7) is 8.04. The van der Waals surface area contributed by atoms with Crippen LogP contribution in [0.2, 0.25) is 0 Å². The van der Waals surface area contributed by atoms with Crippen molar-refractivity contribution in [3.63, 3.8) is 0 Å². The maximum Gasteiger partial charge on any atom is 0.253 e. The van der Waals surface area contributed by atoms with Crippen molar-refractivity contribution in [1.29, 1.82) is 0 Å². The second-order valence-corrected chi connectivity index (χ2v) is 12.6. The second kappa shape index (κ2) is 11.5. The third-order valence-corrected chi connectivity index (χ3v) is 9.51. The van der Waals surface area contributed by atoms with Crippen LogP contribution in [-0.4, -0.2) is 88.6 Å². The topological polar surface area (TPSA) is 118 Å². The molecular formula is C33H35F2N9O3. The highest BCUT2D eigenvalue weighted by molar-refractivity contribution is 5.87. The van der Waals surface area contributed by atoms with E-state index in [2.05, 4.69) is 25.4 Å². The molecule has 6 heterocycles. The first kappa shape index (κ1) is 29.7. The van der Waals surface area contributed by atoms with Gasteiger partial charge in [0.05, 0.1) is 16.6 Å². The molecule has 0 amide bonds. The predicted octanol–water partition coefficient (Wildman–Crippen LogP) is 3.22. The minimum atomic E-state index is -0.581. The molecule has 1 N–H and O–H groups in total. The Morgan fingerprint density at radius 2 is 1.51 bits per heavy atom. The summed E-state index contributed by atoms with van der Waals surface area (Å²) in [7, 11) is 2.05. The number of piperazine rings is 2. The first-order valence-corrected chi connectivity index (χ1v) is 16.2. The van der Waals surface area contributed by atoms with Gasteiger partial charge < -0.3 is 33.6 Å². The van der Waals surface area contributed by atoms with E-state index in [1.54, 1.807) is 23.0 Å². The van der Waals surface area contributed by atoms with Crippen LogP contribution >= 0.6 is 0 Å². The fraction of sp³-hybridized carbons (Fsp3) is 0.424. The van der Waals surface area contributed by atoms with Gasteiger partial charge in [-0.2, -0.15) is 0 Å². The Balaban J connectivity index is 1.20. The maximum absolute atomic E-state index is 15.6. The van der Waals surface area contributed by atoms with Gasteiger partial charge in [-0.1, -0.05) is 0 Å². The van der Waals surface area contributed by atoms with Crippen molar-refractivity contribution in [1.82, 2.24) is 34.5 Å². The molecule has 0 radical (unpaired) electrons. The highest BCUT2D eigenvalue weighted by Crippen LogP contribution is 2.39. The zero-order chi connectivity index (χ0) is 32.4. The van der Waals surface area contributed by atoms with Crippen LogP contribution in [0.5, 0.6) is 0 Å². The summed E-state index contributed by atoms with van der Waals surface area (Å²) < 4.78 is 40.6. The Bertz CT molecular complexity index is 2140. The summed E-state index contributed by atoms with van der Waals surface area (Å²) in [5.41, 5.74) is 0.752. The molecule has 244 valence electrons. The molecule has 5 aromatic rings. The van der Waals surface area contributed by atoms with Crippen molar-refractivity contribution in [2.24, 2.45) is 0 Å². The number of pyridine rings is 3. The largest absolute Gasteiger partial charge is 0.416 e. The molecule has 8 rings (SSSR count). The Morgan fingerprint density at radius 3 is 2.19 bits per heavy atom. The molecule has 3 fully saturated rings. The first-order chi connectivity index (χ1) is 22.8. The minimum Gasteiger partial charge on any atom is -0.416 e. The summed E-state index contributed by atoms with van der Waals surface area (Å²) >= 11 is 0. The Morgan fingerprint density at radius 1 is 0.851 bits per heavy atom. The zero-order valence-corrected chi connectivity index (χ0v) is 26.3. The summed E-state index contributed by atoms with van der Waals surface area (Å²) in [6, 6.07) is 4.47. The lowest BCUT2D eigenvalue weighted by atomic mass is 10.1. The van der Waals surface area contributed by atoms with Crippen molar-refractivity contribution in [3.8, 4) is 22.9 Å². The lowest BCUT2D eigenvalue weighted by Crippen LogP contribution is -2.44. The van der Waals surface area contributed by atoms with Gasteiger partial charge in [0.1, 0.15) is 22.6 Å². The predicted molar refractivity (Wildman–Crippen MR) is 175 cm³/mol. The molecule has 14 heteroatoms. The number of aromatic nitrogens is 5. The average Bonchev–Trinajstić information content (AvgIpc) is 3.82. The van der Waals surface area contributed by atoms with E-state index in [0.29, 0.717) is 62.7 Å². The molecule has 2 saturated heterocycles. The number of fused-ring (bicyclic) bond motifs is 2. The second-order valence-electron chi connectivity index (χ2n) is 12.6. The normalized spacial score (nSPS) is 17.7. The number of nitrogens with zero attached hydrogens (tertiary/aromatic N) is 8. The SMILES string of the molecule is CCn1cc(-c2nnc(-c3cn(C4CC4)c4cc(N5CCN(C)CC5)c(F)cc4c3=O)o2)c(=O)c2cc(F)c(N3CCNCC3)nc21. The van der Waals surface area contributed by atoms with E-state index in [1.807, 2.05) is 28.3 Å². The summed E-state index contributed by atoms with van der Waals surface area (Å²) in [6.07, 6.45) is 5.14. The van der Waals surface area contributed by atoms with Crippen LogP contribution in [0.15, 0.2) is 44.6 Å². The average molecular weight is 644 g/mol. The number of likely N-dealkylation sites (N-methyl/N-ethyl adjacent to an activating group) is 1. The monoisotopic (exact) mass is 643 g/mol. The molecule has 1 aromatic carbocycles. The molecule has 1 aliphatic carbocycles. The number of aryl methyl sites for hydroxylation is 1. The lowest BCUT2D eigenvalue weighted by molar-refractivity contribution is 0.312. The van der Waals surface area contributed by atoms with Crippen molar-refractivity contribution in [2.45, 2.75) is 32.4 Å². The number of hydrogen-bond donors (Lipinski definition) is 1. The maximum atomic E-state index is 15.6. The number of benzene rings is 1. The van der Waals surface area contributed by atoms with Gasteiger partial charge in [0.25, 0.3) is 11.8 Å². The van der Waals surface area contributed by atoms with Crippen LogP contribution in [0.1, 0.15) is 25.8 Å². The third kappa shape index (κ3) is 5.15. The van der Waals surface area contributed by atoms with Gasteiger partial charge >= 0.3 is 0 Å². The van der Waals surface area contributed by atoms with Gasteiger partial charge in [0, 0.05) is 82.7 Å². The van der Waals surface area contributed by atoms with Crippen molar-refractivity contribution in [3.05, 3.63) is 62.7 Å². The molecule has 47 heavy (non-hydrogen) atoms. The minimum absolute atomic E-state index is 0.0698. The van der Waals surface area contributed by atoms with E-state index in [1.165, 1.54) is 12.1 Å². The van der Waals surface area contributed by atoms with E-state index in [-0.39, 0.29) is 45.5 Å². The molecule has 12 nitrogen and oxygen atoms in total. The standard InChI is InChI=1S/C33H35F2N9O3/c1-3-41-17-22(29(46)21-15-25(35)31(37-30(21)41)43-8-6-36-7-9-43)32-38-39-33(47-32)23-18-44(19-4-5-19)26-16-27(24(34)14-20(26)28(23)45)42-12-10-40(2)11-13-42/h14-19,36H,3-13H2,1-2H3. The van der Waals surface area contributed by atoms with Crippen LogP contribution in [0, 0.1) is 11.6 Å². The Kier molecular flexibility index (Phi) is 7.28. The van der Waals surface area contributed by atoms with E-state index in [9.17, 15) is 9.59 Å². The number of halogens is 2. The highest BCUT2D eigenvalue weighted by atomic mass is 19.1. The van der Waals surface area contributed by atoms with Gasteiger partial charge in [-0.25, -0.2) is 13.8 Å². The molecule has 4 aromatic heterocycles. The van der Waals surface area contributed by atoms with Gasteiger partial charge in [0.15, 0.2) is 11.6 Å². The van der Waals surface area contributed by atoms with E-state index in [4.69, 9.17) is 4.42 Å². The molecule has 1 saturated carbocycles. The third-order valence-electron chi connectivity index (χ3n) is 9.51. The lowest BCUT2D eigenvalue weighted by Gasteiger charge is -2.34. The Labute approximate surface area is 268 Å². The quantitative estimate of drug-likeness (QED) is 0.296. The van der Waals surface area contributed by atoms with E-state index >= 15 is 8.78 Å². The van der Waals surface area contributed by atoms with Gasteiger partial charge in [-0.3, -0.25) is 9.59 Å². The number of rotatable bonds is 6. The molecule has 3 aliphatic rings. The van der Waals surface area contributed by atoms with Crippen LogP contribution < -0.4 is 26.0 Å². The van der Waals surface area contributed by atoms with Gasteiger partial charge in [0.2, 0.25) is 10.9 Å². The van der Waals surface area contributed by atoms with Crippen LogP contribution in [-0.2, 0) is 6.54 Å². The summed E-state index contributed by atoms with van der Waals surface area (Å²) in [5.74, 6) is -1.01. The summed E-state index contributed by atoms with van der Waals surface area (Å²) in [5, 5.41) is 11.9. The van der Waals surface area contributed by atoms with Crippen LogP contribution in [0.25, 0.3) is 44.8 Å². The van der Waals surface area contributed by atoms with E-state index < -0.39 is 22.5 Å². The molecule has 0 bridgehead atoms. The Hall–Kier alpha value is -4.69. The number of hydrogen-bond acceptors (Lipinski definition) is 10. The number of nitrogens with one attached hydrogen (secondary N) is 1. The fourth-order valence-corrected chi connectivity index (χ4v) is 6.66. The molecular weight excluding hydrogens is 608 g/mol. The number of anilines is 2. The van der Waals surface area contributed by atoms with Crippen LogP contribution in [0.3, 0.4) is 0 Å². The highest BCUT2D eigenvalue weighted by Gasteiger charge is 2.29. The summed E-state index contributed by atoms with van der Waals surface area (Å²) in [4.78, 5) is 38.2. The van der Waals surface area contributed by atoms with E-state index in [0.717, 1.165) is 25.9 Å². The van der Waals surface area contributed by atoms with Crippen molar-refractivity contribution < 1.29 is 13.2 Å². The van der Waals surface area contributed by atoms with Crippen molar-refractivity contribution >= 4 is 33.4 Å². The smallest absolute Gasteiger partial charge is 0.253 e. The molecule has 0 atom stereocenters. The van der Waals surface area contributed by atoms with Gasteiger partial charge in [-0.15, -0.1) is 10.2 Å². The van der Waals surface area contributed by atoms with Crippen molar-refractivity contribution in [2.75, 3.05) is 69.2 Å². The molecule has 0 unspecified atom stereocenters. The first-order valence-electron chi connectivity index (χ1n) is 16.2. The van der Waals surface area contributed by atoms with Gasteiger partial charge in [-0.05, 0) is 45.0 Å². The molecule has 0 spiro atoms. The zero-order valence-electron chi connectivity index (χ0n) is 26.3.